The van der Waals surface area contributed by atoms with E-state index in [1.54, 1.807) is 6.92 Å². The second-order valence-corrected chi connectivity index (χ2v) is 3.03. The molecule has 4 heteroatoms. The van der Waals surface area contributed by atoms with E-state index in [2.05, 4.69) is 6.58 Å². The number of carbonyl (C=O) groups excluding carboxylic acids is 1. The highest BCUT2D eigenvalue weighted by Gasteiger charge is 2.18. The fraction of sp³-hybridized carbons (Fsp3) is 0.0909. The summed E-state index contributed by atoms with van der Waals surface area (Å²) in [7, 11) is 0. The van der Waals surface area contributed by atoms with Gasteiger partial charge in [0.2, 0.25) is 0 Å². The van der Waals surface area contributed by atoms with Crippen LogP contribution in [0.15, 0.2) is 24.8 Å². The normalized spacial score (nSPS) is 9.67. The van der Waals surface area contributed by atoms with Crippen LogP contribution in [0.4, 0.5) is 0 Å². The standard InChI is InChI=1S/C11H10O4/c1-3-8(12)9-6(2)4-5-7(10(9)13)11(14)15/h3-5,13H,1H2,2H3,(H,14,15). The van der Waals surface area contributed by atoms with Gasteiger partial charge in [-0.25, -0.2) is 4.79 Å². The lowest BCUT2D eigenvalue weighted by Gasteiger charge is -2.07. The van der Waals surface area contributed by atoms with Crippen LogP contribution in [0.3, 0.4) is 0 Å². The van der Waals surface area contributed by atoms with E-state index in [0.29, 0.717) is 5.56 Å². The molecule has 0 atom stereocenters. The molecule has 78 valence electrons. The molecule has 15 heavy (non-hydrogen) atoms. The third-order valence-corrected chi connectivity index (χ3v) is 2.05. The van der Waals surface area contributed by atoms with Crippen molar-refractivity contribution in [3.05, 3.63) is 41.5 Å². The predicted molar refractivity (Wildman–Crippen MR) is 54.3 cm³/mol. The molecule has 1 aromatic rings. The molecule has 0 unspecified atom stereocenters. The van der Waals surface area contributed by atoms with Crippen LogP contribution in [0.5, 0.6) is 5.75 Å². The van der Waals surface area contributed by atoms with Crippen LogP contribution >= 0.6 is 0 Å². The molecule has 0 heterocycles. The van der Waals surface area contributed by atoms with Crippen molar-refractivity contribution in [3.63, 3.8) is 0 Å². The number of carboxylic acids is 1. The first kappa shape index (κ1) is 11.0. The minimum Gasteiger partial charge on any atom is -0.506 e. The lowest BCUT2D eigenvalue weighted by molar-refractivity contribution is 0.0693. The van der Waals surface area contributed by atoms with Gasteiger partial charge in [0.05, 0.1) is 5.56 Å². The fourth-order valence-corrected chi connectivity index (χ4v) is 1.28. The number of hydrogen-bond donors (Lipinski definition) is 2. The molecule has 0 fully saturated rings. The van der Waals surface area contributed by atoms with Crippen molar-refractivity contribution in [2.75, 3.05) is 0 Å². The molecule has 0 aliphatic rings. The Balaban J connectivity index is 3.49. The van der Waals surface area contributed by atoms with Gasteiger partial charge >= 0.3 is 5.97 Å². The first-order valence-corrected chi connectivity index (χ1v) is 4.21. The highest BCUT2D eigenvalue weighted by molar-refractivity contribution is 6.09. The molecule has 0 saturated carbocycles. The first-order chi connectivity index (χ1) is 6.99. The van der Waals surface area contributed by atoms with Gasteiger partial charge in [-0.05, 0) is 24.6 Å². The number of aryl methyl sites for hydroxylation is 1. The van der Waals surface area contributed by atoms with Crippen LogP contribution < -0.4 is 0 Å². The van der Waals surface area contributed by atoms with Gasteiger partial charge in [-0.2, -0.15) is 0 Å². The van der Waals surface area contributed by atoms with Gasteiger partial charge in [-0.15, -0.1) is 0 Å². The molecular formula is C11H10O4. The van der Waals surface area contributed by atoms with Crippen LogP contribution in [-0.2, 0) is 0 Å². The Morgan fingerprint density at radius 1 is 1.40 bits per heavy atom. The highest BCUT2D eigenvalue weighted by atomic mass is 16.4. The van der Waals surface area contributed by atoms with Crippen molar-refractivity contribution in [2.45, 2.75) is 6.92 Å². The van der Waals surface area contributed by atoms with Crippen LogP contribution in [0.1, 0.15) is 26.3 Å². The van der Waals surface area contributed by atoms with Gasteiger partial charge in [0.25, 0.3) is 0 Å². The number of phenols is 1. The second-order valence-electron chi connectivity index (χ2n) is 3.03. The molecular weight excluding hydrogens is 196 g/mol. The molecule has 1 aromatic carbocycles. The van der Waals surface area contributed by atoms with Crippen LogP contribution in [-0.4, -0.2) is 22.0 Å². The minimum absolute atomic E-state index is 0.00935. The molecule has 2 N–H and O–H groups in total. The van der Waals surface area contributed by atoms with Crippen molar-refractivity contribution in [1.29, 1.82) is 0 Å². The number of rotatable bonds is 3. The van der Waals surface area contributed by atoms with E-state index in [0.717, 1.165) is 6.08 Å². The summed E-state index contributed by atoms with van der Waals surface area (Å²) < 4.78 is 0. The number of hydrogen-bond acceptors (Lipinski definition) is 3. The summed E-state index contributed by atoms with van der Waals surface area (Å²) in [5, 5.41) is 18.3. The molecule has 0 saturated heterocycles. The van der Waals surface area contributed by atoms with Crippen molar-refractivity contribution in [3.8, 4) is 5.75 Å². The number of carboxylic acid groups (broad SMARTS) is 1. The van der Waals surface area contributed by atoms with E-state index in [1.165, 1.54) is 12.1 Å². The average Bonchev–Trinajstić information content (AvgIpc) is 2.16. The van der Waals surface area contributed by atoms with Crippen molar-refractivity contribution in [2.24, 2.45) is 0 Å². The molecule has 0 radical (unpaired) electrons. The number of benzene rings is 1. The summed E-state index contributed by atoms with van der Waals surface area (Å²) in [5.74, 6) is -2.27. The molecule has 0 aliphatic heterocycles. The van der Waals surface area contributed by atoms with Gasteiger partial charge in [-0.3, -0.25) is 4.79 Å². The van der Waals surface area contributed by atoms with Gasteiger partial charge < -0.3 is 10.2 Å². The number of ketones is 1. The Hall–Kier alpha value is -2.10. The van der Waals surface area contributed by atoms with E-state index in [4.69, 9.17) is 5.11 Å². The quantitative estimate of drug-likeness (QED) is 0.583. The monoisotopic (exact) mass is 206 g/mol. The zero-order chi connectivity index (χ0) is 11.6. The lowest BCUT2D eigenvalue weighted by Crippen LogP contribution is -2.04. The van der Waals surface area contributed by atoms with E-state index < -0.39 is 17.5 Å². The van der Waals surface area contributed by atoms with Crippen LogP contribution in [0.25, 0.3) is 0 Å². The number of allylic oxidation sites excluding steroid dienone is 1. The second kappa shape index (κ2) is 3.96. The zero-order valence-electron chi connectivity index (χ0n) is 8.15. The van der Waals surface area contributed by atoms with Crippen molar-refractivity contribution >= 4 is 11.8 Å². The highest BCUT2D eigenvalue weighted by Crippen LogP contribution is 2.26. The maximum absolute atomic E-state index is 11.4. The van der Waals surface area contributed by atoms with Crippen molar-refractivity contribution in [1.82, 2.24) is 0 Å². The van der Waals surface area contributed by atoms with Gasteiger partial charge in [0.15, 0.2) is 5.78 Å². The third-order valence-electron chi connectivity index (χ3n) is 2.05. The summed E-state index contributed by atoms with van der Waals surface area (Å²) in [6.45, 7) is 4.90. The largest absolute Gasteiger partial charge is 0.506 e. The lowest BCUT2D eigenvalue weighted by atomic mass is 9.99. The van der Waals surface area contributed by atoms with E-state index in [1.807, 2.05) is 0 Å². The first-order valence-electron chi connectivity index (χ1n) is 4.21. The van der Waals surface area contributed by atoms with E-state index in [-0.39, 0.29) is 11.1 Å². The van der Waals surface area contributed by atoms with Crippen molar-refractivity contribution < 1.29 is 19.8 Å². The minimum atomic E-state index is -1.27. The zero-order valence-corrected chi connectivity index (χ0v) is 8.15. The van der Waals surface area contributed by atoms with E-state index >= 15 is 0 Å². The van der Waals surface area contributed by atoms with E-state index in [9.17, 15) is 14.7 Å². The Kier molecular flexibility index (Phi) is 2.90. The summed E-state index contributed by atoms with van der Waals surface area (Å²) in [4.78, 5) is 22.1. The molecule has 0 aliphatic carbocycles. The summed E-state index contributed by atoms with van der Waals surface area (Å²) in [6.07, 6.45) is 1.04. The predicted octanol–water partition coefficient (Wildman–Crippen LogP) is 1.77. The Morgan fingerprint density at radius 3 is 2.47 bits per heavy atom. The SMILES string of the molecule is C=CC(=O)c1c(C)ccc(C(=O)O)c1O. The van der Waals surface area contributed by atoms with Gasteiger partial charge in [0, 0.05) is 0 Å². The maximum atomic E-state index is 11.4. The number of aromatic carboxylic acids is 1. The third kappa shape index (κ3) is 1.88. The summed E-state index contributed by atoms with van der Waals surface area (Å²) >= 11 is 0. The Labute approximate surface area is 86.5 Å². The Morgan fingerprint density at radius 2 is 2.00 bits per heavy atom. The van der Waals surface area contributed by atoms with Gasteiger partial charge in [-0.1, -0.05) is 12.6 Å². The molecule has 0 amide bonds. The fourth-order valence-electron chi connectivity index (χ4n) is 1.28. The summed E-state index contributed by atoms with van der Waals surface area (Å²) in [5.41, 5.74) is 0.220. The topological polar surface area (TPSA) is 74.6 Å². The number of carbonyl (C=O) groups is 2. The summed E-state index contributed by atoms with van der Waals surface area (Å²) in [6, 6.07) is 2.73. The average molecular weight is 206 g/mol. The molecule has 0 bridgehead atoms. The van der Waals surface area contributed by atoms with Crippen LogP contribution in [0, 0.1) is 6.92 Å². The maximum Gasteiger partial charge on any atom is 0.339 e. The molecule has 1 rings (SSSR count). The molecule has 0 aromatic heterocycles. The smallest absolute Gasteiger partial charge is 0.339 e. The van der Waals surface area contributed by atoms with Gasteiger partial charge in [0.1, 0.15) is 11.3 Å². The van der Waals surface area contributed by atoms with Crippen LogP contribution in [0.2, 0.25) is 0 Å². The Bertz CT molecular complexity index is 446. The molecule has 0 spiro atoms. The molecule has 4 nitrogen and oxygen atoms in total. The number of aromatic hydroxyl groups is 1.